The second-order valence-corrected chi connectivity index (χ2v) is 3.53. The molecule has 0 amide bonds. The van der Waals surface area contributed by atoms with Crippen LogP contribution in [-0.2, 0) is 9.59 Å². The molecule has 0 aromatic heterocycles. The van der Waals surface area contributed by atoms with Gasteiger partial charge in [-0.15, -0.1) is 0 Å². The summed E-state index contributed by atoms with van der Waals surface area (Å²) in [6.07, 6.45) is -0.0417. The molecule has 0 saturated heterocycles. The van der Waals surface area contributed by atoms with Crippen molar-refractivity contribution >= 4 is 29.6 Å². The molecule has 0 spiro atoms. The lowest BCUT2D eigenvalue weighted by Gasteiger charge is -1.93. The van der Waals surface area contributed by atoms with E-state index in [4.69, 9.17) is 0 Å². The average molecular weight is 330 g/mol. The SMILES string of the molecule is O=CC(C=O)[N+](=O)[O-].O=[N+]([O-])c1cc([N+](=O)[O-])cc([N+](=O)[O-])c1. The second-order valence-electron chi connectivity index (χ2n) is 3.53. The van der Waals surface area contributed by atoms with Gasteiger partial charge in [-0.1, -0.05) is 0 Å². The average Bonchev–Trinajstić information content (AvgIpc) is 2.48. The summed E-state index contributed by atoms with van der Waals surface area (Å²) < 4.78 is 0. The second kappa shape index (κ2) is 8.45. The van der Waals surface area contributed by atoms with Gasteiger partial charge >= 0.3 is 6.04 Å². The standard InChI is InChI=1S/C6H3N3O6.C3H3NO4/c10-7(11)4-1-5(8(12)13)3-6(2-4)9(14)15;5-1-3(2-6)4(7)8/h1-3H;1-3H. The number of nitro benzene ring substituents is 3. The van der Waals surface area contributed by atoms with E-state index in [0.717, 1.165) is 0 Å². The van der Waals surface area contributed by atoms with Crippen LogP contribution in [0.4, 0.5) is 17.1 Å². The van der Waals surface area contributed by atoms with Crippen LogP contribution in [0.15, 0.2) is 18.2 Å². The molecular weight excluding hydrogens is 324 g/mol. The van der Waals surface area contributed by atoms with Gasteiger partial charge in [0.15, 0.2) is 0 Å². The molecule has 1 rings (SSSR count). The first-order chi connectivity index (χ1) is 10.6. The highest BCUT2D eigenvalue weighted by atomic mass is 16.6. The highest BCUT2D eigenvalue weighted by Gasteiger charge is 2.21. The summed E-state index contributed by atoms with van der Waals surface area (Å²) in [6.45, 7) is 0. The highest BCUT2D eigenvalue weighted by Crippen LogP contribution is 2.26. The number of rotatable bonds is 6. The van der Waals surface area contributed by atoms with Crippen molar-refractivity contribution in [2.45, 2.75) is 6.04 Å². The van der Waals surface area contributed by atoms with Crippen LogP contribution in [0.25, 0.3) is 0 Å². The van der Waals surface area contributed by atoms with Crippen LogP contribution in [0, 0.1) is 40.5 Å². The molecule has 1 aromatic carbocycles. The first kappa shape index (κ1) is 19.2. The first-order valence-electron chi connectivity index (χ1n) is 5.26. The van der Waals surface area contributed by atoms with E-state index in [1.54, 1.807) is 0 Å². The molecule has 0 saturated carbocycles. The van der Waals surface area contributed by atoms with Gasteiger partial charge in [0.25, 0.3) is 17.1 Å². The Kier molecular flexibility index (Phi) is 7.04. The molecule has 0 heterocycles. The molecule has 0 radical (unpaired) electrons. The van der Waals surface area contributed by atoms with Crippen LogP contribution < -0.4 is 0 Å². The number of nitrogens with zero attached hydrogens (tertiary/aromatic N) is 4. The van der Waals surface area contributed by atoms with E-state index in [0.29, 0.717) is 18.2 Å². The van der Waals surface area contributed by atoms with Crippen molar-refractivity contribution < 1.29 is 29.3 Å². The molecule has 0 atom stereocenters. The molecule has 0 N–H and O–H groups in total. The topological polar surface area (TPSA) is 207 Å². The van der Waals surface area contributed by atoms with Crippen molar-refractivity contribution in [2.24, 2.45) is 0 Å². The molecule has 0 aliphatic heterocycles. The third-order valence-corrected chi connectivity index (χ3v) is 2.04. The van der Waals surface area contributed by atoms with Gasteiger partial charge < -0.3 is 0 Å². The molecule has 0 unspecified atom stereocenters. The van der Waals surface area contributed by atoms with Crippen LogP contribution >= 0.6 is 0 Å². The smallest absolute Gasteiger partial charge is 0.295 e. The Morgan fingerprint density at radius 1 is 0.696 bits per heavy atom. The lowest BCUT2D eigenvalue weighted by molar-refractivity contribution is -0.489. The summed E-state index contributed by atoms with van der Waals surface area (Å²) in [4.78, 5) is 55.7. The molecule has 0 aliphatic carbocycles. The fourth-order valence-corrected chi connectivity index (χ4v) is 1.03. The lowest BCUT2D eigenvalue weighted by atomic mass is 10.2. The minimum absolute atomic E-state index is 0.0208. The van der Waals surface area contributed by atoms with Crippen LogP contribution in [0.3, 0.4) is 0 Å². The van der Waals surface area contributed by atoms with E-state index < -0.39 is 42.8 Å². The van der Waals surface area contributed by atoms with E-state index in [9.17, 15) is 50.0 Å². The predicted molar refractivity (Wildman–Crippen MR) is 69.3 cm³/mol. The maximum Gasteiger partial charge on any atom is 0.321 e. The summed E-state index contributed by atoms with van der Waals surface area (Å²) in [5, 5.41) is 40.4. The Bertz CT molecular complexity index is 585. The van der Waals surface area contributed by atoms with Gasteiger partial charge in [-0.3, -0.25) is 50.0 Å². The number of nitro groups is 4. The maximum atomic E-state index is 10.3. The van der Waals surface area contributed by atoms with Crippen LogP contribution in [0.2, 0.25) is 0 Å². The largest absolute Gasteiger partial charge is 0.321 e. The molecule has 122 valence electrons. The van der Waals surface area contributed by atoms with E-state index in [2.05, 4.69) is 0 Å². The number of hydrogen-bond acceptors (Lipinski definition) is 10. The number of carbonyl (C=O) groups is 2. The van der Waals surface area contributed by atoms with Gasteiger partial charge in [-0.05, 0) is 0 Å². The van der Waals surface area contributed by atoms with Crippen molar-refractivity contribution in [3.05, 3.63) is 58.7 Å². The van der Waals surface area contributed by atoms with Gasteiger partial charge in [0.05, 0.1) is 33.0 Å². The number of hydrogen-bond donors (Lipinski definition) is 0. The van der Waals surface area contributed by atoms with Gasteiger partial charge in [0, 0.05) is 4.92 Å². The molecule has 14 heteroatoms. The Morgan fingerprint density at radius 2 is 0.957 bits per heavy atom. The molecule has 14 nitrogen and oxygen atoms in total. The minimum atomic E-state index is -1.69. The Morgan fingerprint density at radius 3 is 1.04 bits per heavy atom. The predicted octanol–water partition coefficient (Wildman–Crippen LogP) is 0.441. The molecule has 0 bridgehead atoms. The summed E-state index contributed by atoms with van der Waals surface area (Å²) in [6, 6.07) is 0.294. The molecular formula is C9H6N4O10. The molecule has 23 heavy (non-hydrogen) atoms. The molecule has 1 aromatic rings. The van der Waals surface area contributed by atoms with Crippen LogP contribution in [0.1, 0.15) is 0 Å². The van der Waals surface area contributed by atoms with Gasteiger partial charge in [0.2, 0.25) is 12.6 Å². The fourth-order valence-electron chi connectivity index (χ4n) is 1.03. The van der Waals surface area contributed by atoms with Crippen molar-refractivity contribution in [2.75, 3.05) is 0 Å². The van der Waals surface area contributed by atoms with Gasteiger partial charge in [-0.2, -0.15) is 0 Å². The Hall–Kier alpha value is -3.84. The van der Waals surface area contributed by atoms with Gasteiger partial charge in [-0.25, -0.2) is 0 Å². The highest BCUT2D eigenvalue weighted by molar-refractivity contribution is 5.79. The monoisotopic (exact) mass is 330 g/mol. The van der Waals surface area contributed by atoms with Crippen LogP contribution in [0.5, 0.6) is 0 Å². The van der Waals surface area contributed by atoms with E-state index in [-0.39, 0.29) is 12.6 Å². The zero-order valence-electron chi connectivity index (χ0n) is 10.8. The first-order valence-corrected chi connectivity index (χ1v) is 5.26. The Labute approximate surface area is 124 Å². The van der Waals surface area contributed by atoms with Crippen molar-refractivity contribution in [1.82, 2.24) is 0 Å². The van der Waals surface area contributed by atoms with E-state index in [1.165, 1.54) is 0 Å². The van der Waals surface area contributed by atoms with Crippen molar-refractivity contribution in [3.8, 4) is 0 Å². The maximum absolute atomic E-state index is 10.3. The number of carbonyl (C=O) groups excluding carboxylic acids is 2. The summed E-state index contributed by atoms with van der Waals surface area (Å²) in [7, 11) is 0. The minimum Gasteiger partial charge on any atom is -0.295 e. The normalized spacial score (nSPS) is 9.26. The van der Waals surface area contributed by atoms with Crippen molar-refractivity contribution in [1.29, 1.82) is 0 Å². The zero-order valence-corrected chi connectivity index (χ0v) is 10.8. The molecule has 0 aliphatic rings. The summed E-state index contributed by atoms with van der Waals surface area (Å²) in [5.74, 6) is 0. The Balaban J connectivity index is 0.000000515. The van der Waals surface area contributed by atoms with E-state index >= 15 is 0 Å². The van der Waals surface area contributed by atoms with E-state index in [1.807, 2.05) is 0 Å². The summed E-state index contributed by atoms with van der Waals surface area (Å²) >= 11 is 0. The third kappa shape index (κ3) is 5.98. The lowest BCUT2D eigenvalue weighted by Crippen LogP contribution is -2.21. The number of benzene rings is 1. The molecule has 0 fully saturated rings. The fraction of sp³-hybridized carbons (Fsp3) is 0.111. The zero-order chi connectivity index (χ0) is 18.2. The number of aldehydes is 2. The third-order valence-electron chi connectivity index (χ3n) is 2.04. The summed E-state index contributed by atoms with van der Waals surface area (Å²) in [5.41, 5.74) is -2.05. The number of non-ortho nitro benzene ring substituents is 3. The van der Waals surface area contributed by atoms with Crippen molar-refractivity contribution in [3.63, 3.8) is 0 Å². The van der Waals surface area contributed by atoms with Crippen LogP contribution in [-0.4, -0.2) is 38.3 Å². The quantitative estimate of drug-likeness (QED) is 0.304. The van der Waals surface area contributed by atoms with Gasteiger partial charge in [0.1, 0.15) is 0 Å².